The van der Waals surface area contributed by atoms with Crippen molar-refractivity contribution in [3.05, 3.63) is 58.9 Å². The molecule has 0 aliphatic rings. The Bertz CT molecular complexity index is 706. The van der Waals surface area contributed by atoms with Crippen molar-refractivity contribution in [2.75, 3.05) is 11.9 Å². The van der Waals surface area contributed by atoms with Crippen LogP contribution in [0.1, 0.15) is 27.0 Å². The van der Waals surface area contributed by atoms with Gasteiger partial charge in [0.25, 0.3) is 5.91 Å². The number of amides is 1. The molecule has 1 aromatic heterocycles. The van der Waals surface area contributed by atoms with E-state index in [1.165, 1.54) is 6.20 Å². The second-order valence-corrected chi connectivity index (χ2v) is 4.69. The summed E-state index contributed by atoms with van der Waals surface area (Å²) in [5, 5.41) is 2.93. The minimum atomic E-state index is -0.198. The lowest BCUT2D eigenvalue weighted by molar-refractivity contribution is 0.102. The summed E-state index contributed by atoms with van der Waals surface area (Å²) in [7, 11) is 0. The Morgan fingerprint density at radius 2 is 2.00 bits per heavy atom. The molecule has 106 valence electrons. The summed E-state index contributed by atoms with van der Waals surface area (Å²) in [6.07, 6.45) is 3.13. The Morgan fingerprint density at radius 3 is 2.67 bits per heavy atom. The molecule has 0 fully saturated rings. The van der Waals surface area contributed by atoms with E-state index >= 15 is 0 Å². The fraction of sp³-hybridized carbons (Fsp3) is 0.176. The molecule has 1 heterocycles. The zero-order valence-corrected chi connectivity index (χ0v) is 12.1. The van der Waals surface area contributed by atoms with Crippen LogP contribution in [0, 0.1) is 25.7 Å². The number of nitrogens with two attached hydrogens (primary N) is 1. The van der Waals surface area contributed by atoms with Gasteiger partial charge in [-0.2, -0.15) is 0 Å². The van der Waals surface area contributed by atoms with E-state index in [0.717, 1.165) is 16.8 Å². The molecule has 4 nitrogen and oxygen atoms in total. The molecule has 1 aromatic carbocycles. The van der Waals surface area contributed by atoms with Crippen molar-refractivity contribution in [3.8, 4) is 11.8 Å². The topological polar surface area (TPSA) is 68.0 Å². The minimum Gasteiger partial charge on any atom is -0.321 e. The smallest absolute Gasteiger partial charge is 0.257 e. The van der Waals surface area contributed by atoms with Crippen LogP contribution in [-0.4, -0.2) is 17.4 Å². The molecule has 4 heteroatoms. The van der Waals surface area contributed by atoms with Gasteiger partial charge >= 0.3 is 0 Å². The van der Waals surface area contributed by atoms with E-state index in [1.54, 1.807) is 12.3 Å². The van der Waals surface area contributed by atoms with Gasteiger partial charge in [-0.1, -0.05) is 30.0 Å². The SMILES string of the molecule is Cc1cccc(C)c1NC(=O)c1cncc(C#CCN)c1. The van der Waals surface area contributed by atoms with Crippen LogP contribution in [0.25, 0.3) is 0 Å². The van der Waals surface area contributed by atoms with Crippen LogP contribution < -0.4 is 11.1 Å². The first-order valence-corrected chi connectivity index (χ1v) is 6.63. The molecule has 0 bridgehead atoms. The van der Waals surface area contributed by atoms with Crippen molar-refractivity contribution in [1.29, 1.82) is 0 Å². The van der Waals surface area contributed by atoms with Crippen LogP contribution in [0.4, 0.5) is 5.69 Å². The highest BCUT2D eigenvalue weighted by molar-refractivity contribution is 6.05. The summed E-state index contributed by atoms with van der Waals surface area (Å²) in [6, 6.07) is 7.59. The number of carbonyl (C=O) groups is 1. The van der Waals surface area contributed by atoms with Crippen molar-refractivity contribution < 1.29 is 4.79 Å². The lowest BCUT2D eigenvalue weighted by atomic mass is 10.1. The lowest BCUT2D eigenvalue weighted by Crippen LogP contribution is -2.14. The number of carbonyl (C=O) groups excluding carboxylic acids is 1. The van der Waals surface area contributed by atoms with Gasteiger partial charge < -0.3 is 11.1 Å². The van der Waals surface area contributed by atoms with Crippen LogP contribution in [-0.2, 0) is 0 Å². The normalized spacial score (nSPS) is 9.67. The van der Waals surface area contributed by atoms with Crippen molar-refractivity contribution in [1.82, 2.24) is 4.98 Å². The van der Waals surface area contributed by atoms with Crippen LogP contribution in [0.2, 0.25) is 0 Å². The van der Waals surface area contributed by atoms with Gasteiger partial charge in [0.15, 0.2) is 0 Å². The maximum absolute atomic E-state index is 12.3. The standard InChI is InChI=1S/C17H17N3O/c1-12-5-3-6-13(2)16(12)20-17(21)15-9-14(7-4-8-18)10-19-11-15/h3,5-6,9-11H,8,18H2,1-2H3,(H,20,21). The van der Waals surface area contributed by atoms with Crippen LogP contribution in [0.15, 0.2) is 36.7 Å². The molecule has 2 aromatic rings. The highest BCUT2D eigenvalue weighted by Gasteiger charge is 2.10. The van der Waals surface area contributed by atoms with Gasteiger partial charge in [-0.05, 0) is 31.0 Å². The zero-order chi connectivity index (χ0) is 15.2. The average molecular weight is 279 g/mol. The van der Waals surface area contributed by atoms with E-state index in [-0.39, 0.29) is 12.5 Å². The molecule has 0 unspecified atom stereocenters. The summed E-state index contributed by atoms with van der Waals surface area (Å²) < 4.78 is 0. The molecule has 0 aliphatic heterocycles. The number of aryl methyl sites for hydroxylation is 2. The first kappa shape index (κ1) is 14.8. The maximum atomic E-state index is 12.3. The number of hydrogen-bond acceptors (Lipinski definition) is 3. The monoisotopic (exact) mass is 279 g/mol. The molecule has 0 aliphatic carbocycles. The molecule has 2 rings (SSSR count). The third-order valence-electron chi connectivity index (χ3n) is 3.05. The second kappa shape index (κ2) is 6.69. The molecular weight excluding hydrogens is 262 g/mol. The number of pyridine rings is 1. The predicted molar refractivity (Wildman–Crippen MR) is 84.0 cm³/mol. The van der Waals surface area contributed by atoms with Crippen molar-refractivity contribution >= 4 is 11.6 Å². The molecule has 3 N–H and O–H groups in total. The first-order valence-electron chi connectivity index (χ1n) is 6.63. The fourth-order valence-corrected chi connectivity index (χ4v) is 1.98. The van der Waals surface area contributed by atoms with Gasteiger partial charge in [-0.25, -0.2) is 0 Å². The maximum Gasteiger partial charge on any atom is 0.257 e. The number of nitrogens with one attached hydrogen (secondary N) is 1. The summed E-state index contributed by atoms with van der Waals surface area (Å²) >= 11 is 0. The summed E-state index contributed by atoms with van der Waals surface area (Å²) in [5.41, 5.74) is 9.37. The third kappa shape index (κ3) is 3.68. The van der Waals surface area contributed by atoms with E-state index in [4.69, 9.17) is 5.73 Å². The Hall–Kier alpha value is -2.64. The van der Waals surface area contributed by atoms with E-state index in [1.807, 2.05) is 32.0 Å². The van der Waals surface area contributed by atoms with Gasteiger partial charge in [0.2, 0.25) is 0 Å². The van der Waals surface area contributed by atoms with Gasteiger partial charge in [0.05, 0.1) is 12.1 Å². The summed E-state index contributed by atoms with van der Waals surface area (Å²) in [6.45, 7) is 4.20. The van der Waals surface area contributed by atoms with E-state index < -0.39 is 0 Å². The largest absolute Gasteiger partial charge is 0.321 e. The number of hydrogen-bond donors (Lipinski definition) is 2. The third-order valence-corrected chi connectivity index (χ3v) is 3.05. The highest BCUT2D eigenvalue weighted by atomic mass is 16.1. The number of benzene rings is 1. The minimum absolute atomic E-state index is 0.198. The van der Waals surface area contributed by atoms with Crippen LogP contribution in [0.5, 0.6) is 0 Å². The van der Waals surface area contributed by atoms with Crippen molar-refractivity contribution in [2.45, 2.75) is 13.8 Å². The predicted octanol–water partition coefficient (Wildman–Crippen LogP) is 2.26. The van der Waals surface area contributed by atoms with Gasteiger partial charge in [-0.3, -0.25) is 9.78 Å². The lowest BCUT2D eigenvalue weighted by Gasteiger charge is -2.11. The average Bonchev–Trinajstić information content (AvgIpc) is 2.49. The highest BCUT2D eigenvalue weighted by Crippen LogP contribution is 2.20. The Morgan fingerprint density at radius 1 is 1.29 bits per heavy atom. The molecule has 0 saturated carbocycles. The number of para-hydroxylation sites is 1. The molecule has 0 atom stereocenters. The molecule has 0 radical (unpaired) electrons. The number of nitrogens with zero attached hydrogens (tertiary/aromatic N) is 1. The van der Waals surface area contributed by atoms with E-state index in [9.17, 15) is 4.79 Å². The van der Waals surface area contributed by atoms with Crippen molar-refractivity contribution in [2.24, 2.45) is 5.73 Å². The Kier molecular flexibility index (Phi) is 4.70. The summed E-state index contributed by atoms with van der Waals surface area (Å²) in [4.78, 5) is 16.4. The molecule has 1 amide bonds. The van der Waals surface area contributed by atoms with E-state index in [2.05, 4.69) is 22.1 Å². The van der Waals surface area contributed by atoms with Crippen LogP contribution in [0.3, 0.4) is 0 Å². The zero-order valence-electron chi connectivity index (χ0n) is 12.1. The second-order valence-electron chi connectivity index (χ2n) is 4.69. The number of anilines is 1. The van der Waals surface area contributed by atoms with E-state index in [0.29, 0.717) is 11.1 Å². The quantitative estimate of drug-likeness (QED) is 0.829. The summed E-state index contributed by atoms with van der Waals surface area (Å²) in [5.74, 6) is 5.42. The van der Waals surface area contributed by atoms with Crippen LogP contribution >= 0.6 is 0 Å². The van der Waals surface area contributed by atoms with Gasteiger partial charge in [-0.15, -0.1) is 0 Å². The molecule has 0 saturated heterocycles. The Balaban J connectivity index is 2.25. The van der Waals surface area contributed by atoms with Crippen molar-refractivity contribution in [3.63, 3.8) is 0 Å². The number of aromatic nitrogens is 1. The first-order chi connectivity index (χ1) is 10.1. The Labute approximate surface area is 124 Å². The molecule has 21 heavy (non-hydrogen) atoms. The fourth-order valence-electron chi connectivity index (χ4n) is 1.98. The molecule has 0 spiro atoms. The van der Waals surface area contributed by atoms with Gasteiger partial charge in [0.1, 0.15) is 0 Å². The molecular formula is C17H17N3O. The number of rotatable bonds is 2. The van der Waals surface area contributed by atoms with Gasteiger partial charge in [0, 0.05) is 23.6 Å².